The second-order valence-electron chi connectivity index (χ2n) is 8.12. The maximum Gasteiger partial charge on any atom is 0.188 e. The highest BCUT2D eigenvalue weighted by atomic mass is 35.5. The third-order valence-electron chi connectivity index (χ3n) is 5.39. The normalized spacial score (nSPS) is 15.1. The van der Waals surface area contributed by atoms with Crippen LogP contribution in [0, 0.1) is 5.82 Å². The van der Waals surface area contributed by atoms with E-state index < -0.39 is 0 Å². The van der Waals surface area contributed by atoms with E-state index in [0.29, 0.717) is 29.6 Å². The van der Waals surface area contributed by atoms with Gasteiger partial charge < -0.3 is 14.8 Å². The summed E-state index contributed by atoms with van der Waals surface area (Å²) in [4.78, 5) is 13.3. The van der Waals surface area contributed by atoms with Gasteiger partial charge in [-0.05, 0) is 60.5 Å². The van der Waals surface area contributed by atoms with E-state index in [1.54, 1.807) is 24.3 Å². The molecule has 3 aromatic carbocycles. The van der Waals surface area contributed by atoms with Crippen molar-refractivity contribution in [3.8, 4) is 5.75 Å². The fraction of sp³-hybridized carbons (Fsp3) is 0.192. The number of ether oxygens (including phenoxy) is 2. The number of halogens is 2. The van der Waals surface area contributed by atoms with Crippen LogP contribution in [0.1, 0.15) is 18.1 Å². The minimum atomic E-state index is -0.301. The predicted octanol–water partition coefficient (Wildman–Crippen LogP) is 6.10. The fourth-order valence-corrected chi connectivity index (χ4v) is 3.98. The predicted molar refractivity (Wildman–Crippen MR) is 132 cm³/mol. The maximum absolute atomic E-state index is 13.4. The van der Waals surface area contributed by atoms with E-state index in [1.807, 2.05) is 31.2 Å². The van der Waals surface area contributed by atoms with E-state index in [0.717, 1.165) is 33.6 Å². The van der Waals surface area contributed by atoms with Crippen LogP contribution in [0.4, 0.5) is 15.9 Å². The Kier molecular flexibility index (Phi) is 6.27. The van der Waals surface area contributed by atoms with Gasteiger partial charge in [-0.15, -0.1) is 0 Å². The smallest absolute Gasteiger partial charge is 0.188 e. The van der Waals surface area contributed by atoms with Crippen molar-refractivity contribution in [1.29, 1.82) is 0 Å². The van der Waals surface area contributed by atoms with Gasteiger partial charge >= 0.3 is 0 Å². The van der Waals surface area contributed by atoms with E-state index in [1.165, 1.54) is 18.5 Å². The van der Waals surface area contributed by atoms with Crippen molar-refractivity contribution in [2.24, 2.45) is 4.99 Å². The van der Waals surface area contributed by atoms with E-state index in [-0.39, 0.29) is 18.5 Å². The van der Waals surface area contributed by atoms with Crippen LogP contribution in [0.3, 0.4) is 0 Å². The molecule has 34 heavy (non-hydrogen) atoms. The average molecular weight is 477 g/mol. The lowest BCUT2D eigenvalue weighted by atomic mass is 10.1. The first-order valence-electron chi connectivity index (χ1n) is 10.9. The molecule has 1 aliphatic rings. The van der Waals surface area contributed by atoms with Crippen LogP contribution in [-0.4, -0.2) is 28.5 Å². The van der Waals surface area contributed by atoms with Crippen molar-refractivity contribution < 1.29 is 13.9 Å². The van der Waals surface area contributed by atoms with Crippen molar-refractivity contribution in [3.05, 3.63) is 89.0 Å². The molecule has 0 spiro atoms. The third-order valence-corrected chi connectivity index (χ3v) is 5.68. The summed E-state index contributed by atoms with van der Waals surface area (Å²) < 4.78 is 24.8. The lowest BCUT2D eigenvalue weighted by Gasteiger charge is -2.12. The Labute approximate surface area is 201 Å². The number of benzene rings is 3. The van der Waals surface area contributed by atoms with Crippen molar-refractivity contribution >= 4 is 39.9 Å². The van der Waals surface area contributed by atoms with Gasteiger partial charge in [-0.3, -0.25) is 0 Å². The zero-order valence-corrected chi connectivity index (χ0v) is 19.2. The van der Waals surface area contributed by atoms with E-state index in [2.05, 4.69) is 20.3 Å². The summed E-state index contributed by atoms with van der Waals surface area (Å²) in [5.41, 5.74) is 3.37. The van der Waals surface area contributed by atoms with E-state index >= 15 is 0 Å². The van der Waals surface area contributed by atoms with Crippen LogP contribution in [0.5, 0.6) is 5.75 Å². The second kappa shape index (κ2) is 9.65. The van der Waals surface area contributed by atoms with Crippen molar-refractivity contribution in [1.82, 2.24) is 9.97 Å². The largest absolute Gasteiger partial charge is 0.487 e. The molecule has 0 radical (unpaired) electrons. The van der Waals surface area contributed by atoms with E-state index in [9.17, 15) is 4.39 Å². The van der Waals surface area contributed by atoms with Crippen molar-refractivity contribution in [3.63, 3.8) is 0 Å². The summed E-state index contributed by atoms with van der Waals surface area (Å²) in [5, 5.41) is 4.64. The van der Waals surface area contributed by atoms with Gasteiger partial charge in [0.15, 0.2) is 5.90 Å². The topological polar surface area (TPSA) is 68.6 Å². The molecule has 1 aromatic heterocycles. The van der Waals surface area contributed by atoms with Gasteiger partial charge in [0.25, 0.3) is 0 Å². The molecule has 1 aliphatic heterocycles. The molecular weight excluding hydrogens is 455 g/mol. The van der Waals surface area contributed by atoms with E-state index in [4.69, 9.17) is 21.1 Å². The molecule has 0 amide bonds. The van der Waals surface area contributed by atoms with Gasteiger partial charge in [0, 0.05) is 17.5 Å². The molecule has 0 unspecified atom stereocenters. The lowest BCUT2D eigenvalue weighted by Crippen LogP contribution is -2.04. The first-order chi connectivity index (χ1) is 16.5. The average Bonchev–Trinajstić information content (AvgIpc) is 3.23. The summed E-state index contributed by atoms with van der Waals surface area (Å²) >= 11 is 6.44. The Bertz CT molecular complexity index is 1380. The Morgan fingerprint density at radius 2 is 2.00 bits per heavy atom. The molecule has 172 valence electrons. The second-order valence-corrected chi connectivity index (χ2v) is 8.53. The highest BCUT2D eigenvalue weighted by Crippen LogP contribution is 2.31. The Morgan fingerprint density at radius 3 is 2.79 bits per heavy atom. The highest BCUT2D eigenvalue weighted by molar-refractivity contribution is 6.32. The fourth-order valence-electron chi connectivity index (χ4n) is 3.74. The van der Waals surface area contributed by atoms with Crippen molar-refractivity contribution in [2.75, 3.05) is 11.9 Å². The van der Waals surface area contributed by atoms with Crippen LogP contribution in [0.15, 0.2) is 72.0 Å². The van der Waals surface area contributed by atoms with Gasteiger partial charge in [-0.2, -0.15) is 0 Å². The van der Waals surface area contributed by atoms with Crippen LogP contribution >= 0.6 is 11.6 Å². The molecule has 1 N–H and O–H groups in total. The molecule has 5 rings (SSSR count). The number of nitrogens with one attached hydrogen (secondary N) is 1. The maximum atomic E-state index is 13.4. The summed E-state index contributed by atoms with van der Waals surface area (Å²) in [5.74, 6) is 1.63. The molecule has 0 fully saturated rings. The Hall–Kier alpha value is -3.71. The number of aliphatic imine (C=N–C) groups is 1. The van der Waals surface area contributed by atoms with Crippen LogP contribution in [-0.2, 0) is 17.8 Å². The zero-order valence-electron chi connectivity index (χ0n) is 18.5. The number of aromatic nitrogens is 2. The molecule has 4 aromatic rings. The zero-order chi connectivity index (χ0) is 23.5. The minimum absolute atomic E-state index is 0.196. The number of fused-ring (bicyclic) bond motifs is 1. The molecular formula is C26H22ClFN4O2. The number of hydrogen-bond donors (Lipinski definition) is 1. The molecule has 6 nitrogen and oxygen atoms in total. The first kappa shape index (κ1) is 22.1. The monoisotopic (exact) mass is 476 g/mol. The number of rotatable bonds is 7. The Morgan fingerprint density at radius 1 is 1.09 bits per heavy atom. The molecule has 1 atom stereocenters. The van der Waals surface area contributed by atoms with Crippen LogP contribution in [0.25, 0.3) is 10.9 Å². The minimum Gasteiger partial charge on any atom is -0.487 e. The van der Waals surface area contributed by atoms with Crippen LogP contribution < -0.4 is 10.1 Å². The summed E-state index contributed by atoms with van der Waals surface area (Å²) in [6, 6.07) is 17.9. The first-order valence-corrected chi connectivity index (χ1v) is 11.3. The molecule has 8 heteroatoms. The van der Waals surface area contributed by atoms with Crippen molar-refractivity contribution in [2.45, 2.75) is 26.0 Å². The molecule has 2 heterocycles. The van der Waals surface area contributed by atoms with Gasteiger partial charge in [0.1, 0.15) is 36.9 Å². The van der Waals surface area contributed by atoms with Gasteiger partial charge in [0.05, 0.1) is 16.6 Å². The van der Waals surface area contributed by atoms with Gasteiger partial charge in [-0.25, -0.2) is 19.4 Å². The Balaban J connectivity index is 1.33. The summed E-state index contributed by atoms with van der Waals surface area (Å²) in [6.07, 6.45) is 2.14. The molecule has 0 bridgehead atoms. The van der Waals surface area contributed by atoms with Crippen LogP contribution in [0.2, 0.25) is 5.02 Å². The summed E-state index contributed by atoms with van der Waals surface area (Å²) in [6.45, 7) is 2.88. The molecule has 0 aliphatic carbocycles. The number of hydrogen-bond acceptors (Lipinski definition) is 6. The molecule has 0 saturated carbocycles. The molecule has 0 saturated heterocycles. The SMILES string of the molecule is C[C@@H]1COC(Cc2ccc3ncnc(Nc4ccc(OCc5cccc(F)c5)c(Cl)c4)c3c2)=N1. The highest BCUT2D eigenvalue weighted by Gasteiger charge is 2.15. The lowest BCUT2D eigenvalue weighted by molar-refractivity contribution is 0.306. The quantitative estimate of drug-likeness (QED) is 0.349. The summed E-state index contributed by atoms with van der Waals surface area (Å²) in [7, 11) is 0. The van der Waals surface area contributed by atoms with Gasteiger partial charge in [-0.1, -0.05) is 29.8 Å². The third kappa shape index (κ3) is 5.10. The standard InChI is InChI=1S/C26H22ClFN4O2/c1-16-13-34-25(31-16)11-17-5-7-23-21(10-17)26(30-15-29-23)32-20-6-8-24(22(27)12-20)33-14-18-3-2-4-19(28)9-18/h2-10,12,15-16H,11,13-14H2,1H3,(H,29,30,32)/t16-/m1/s1. The van der Waals surface area contributed by atoms with Gasteiger partial charge in [0.2, 0.25) is 0 Å². The number of anilines is 2. The number of nitrogens with zero attached hydrogens (tertiary/aromatic N) is 3.